The molecule has 150 valence electrons. The molecule has 0 aromatic carbocycles. The van der Waals surface area contributed by atoms with Gasteiger partial charge in [0.1, 0.15) is 6.04 Å². The Morgan fingerprint density at radius 1 is 1.15 bits per heavy atom. The van der Waals surface area contributed by atoms with Gasteiger partial charge in [-0.3, -0.25) is 14.7 Å². The van der Waals surface area contributed by atoms with Crippen molar-refractivity contribution in [1.29, 1.82) is 0 Å². The standard InChI is InChI=1S/C17H30F3N5O/c1-13(17(18,19)20)24-9-11-25(12-10-24)16(21-2)23-8-4-7-22-15(26)14-5-3-6-14/h13-14H,3-12H2,1-2H3,(H,21,23)(H,22,26). The summed E-state index contributed by atoms with van der Waals surface area (Å²) in [6.07, 6.45) is -0.273. The molecule has 2 N–H and O–H groups in total. The molecule has 0 spiro atoms. The number of alkyl halides is 3. The lowest BCUT2D eigenvalue weighted by Gasteiger charge is -2.39. The Morgan fingerprint density at radius 3 is 2.27 bits per heavy atom. The predicted molar refractivity (Wildman–Crippen MR) is 95.0 cm³/mol. The number of nitrogens with zero attached hydrogens (tertiary/aromatic N) is 3. The number of guanidine groups is 1. The Balaban J connectivity index is 1.64. The number of carbonyl (C=O) groups is 1. The maximum absolute atomic E-state index is 12.8. The first-order valence-corrected chi connectivity index (χ1v) is 9.37. The van der Waals surface area contributed by atoms with Gasteiger partial charge in [-0.05, 0) is 26.2 Å². The highest BCUT2D eigenvalue weighted by Crippen LogP contribution is 2.26. The molecule has 26 heavy (non-hydrogen) atoms. The lowest BCUT2D eigenvalue weighted by Crippen LogP contribution is -2.56. The van der Waals surface area contributed by atoms with Crippen LogP contribution in [0.4, 0.5) is 13.2 Å². The molecule has 1 aliphatic carbocycles. The number of amides is 1. The topological polar surface area (TPSA) is 60.0 Å². The van der Waals surface area contributed by atoms with Crippen molar-refractivity contribution in [2.45, 2.75) is 44.8 Å². The summed E-state index contributed by atoms with van der Waals surface area (Å²) < 4.78 is 38.4. The van der Waals surface area contributed by atoms with Gasteiger partial charge in [-0.15, -0.1) is 0 Å². The van der Waals surface area contributed by atoms with Crippen LogP contribution in [-0.2, 0) is 4.79 Å². The molecule has 2 fully saturated rings. The van der Waals surface area contributed by atoms with Crippen LogP contribution < -0.4 is 10.6 Å². The predicted octanol–water partition coefficient (Wildman–Crippen LogP) is 1.44. The van der Waals surface area contributed by atoms with Gasteiger partial charge >= 0.3 is 6.18 Å². The van der Waals surface area contributed by atoms with Gasteiger partial charge in [0.25, 0.3) is 0 Å². The summed E-state index contributed by atoms with van der Waals surface area (Å²) in [7, 11) is 1.67. The normalized spacial score (nSPS) is 21.3. The van der Waals surface area contributed by atoms with Crippen LogP contribution in [0.2, 0.25) is 0 Å². The smallest absolute Gasteiger partial charge is 0.356 e. The number of hydrogen-bond donors (Lipinski definition) is 2. The van der Waals surface area contributed by atoms with Crippen LogP contribution in [0.1, 0.15) is 32.6 Å². The molecule has 1 saturated carbocycles. The highest BCUT2D eigenvalue weighted by atomic mass is 19.4. The summed E-state index contributed by atoms with van der Waals surface area (Å²) in [5.41, 5.74) is 0. The van der Waals surface area contributed by atoms with E-state index in [1.54, 1.807) is 7.05 Å². The van der Waals surface area contributed by atoms with Crippen molar-refractivity contribution < 1.29 is 18.0 Å². The van der Waals surface area contributed by atoms with E-state index in [9.17, 15) is 18.0 Å². The highest BCUT2D eigenvalue weighted by molar-refractivity contribution is 5.80. The number of halogens is 3. The summed E-state index contributed by atoms with van der Waals surface area (Å²) in [6, 6.07) is -1.42. The van der Waals surface area contributed by atoms with Crippen molar-refractivity contribution in [3.05, 3.63) is 0 Å². The molecule has 1 saturated heterocycles. The monoisotopic (exact) mass is 377 g/mol. The number of rotatable bonds is 6. The fraction of sp³-hybridized carbons (Fsp3) is 0.882. The fourth-order valence-electron chi connectivity index (χ4n) is 3.18. The van der Waals surface area contributed by atoms with E-state index >= 15 is 0 Å². The van der Waals surface area contributed by atoms with Crippen molar-refractivity contribution in [3.8, 4) is 0 Å². The molecule has 0 bridgehead atoms. The van der Waals surface area contributed by atoms with E-state index in [-0.39, 0.29) is 11.8 Å². The van der Waals surface area contributed by atoms with Crippen LogP contribution in [-0.4, -0.2) is 80.2 Å². The third kappa shape index (κ3) is 5.75. The van der Waals surface area contributed by atoms with E-state index in [2.05, 4.69) is 15.6 Å². The maximum Gasteiger partial charge on any atom is 0.403 e. The first kappa shape index (κ1) is 20.8. The van der Waals surface area contributed by atoms with E-state index in [0.717, 1.165) is 25.7 Å². The van der Waals surface area contributed by atoms with Crippen LogP contribution in [0, 0.1) is 5.92 Å². The first-order chi connectivity index (χ1) is 12.3. The quantitative estimate of drug-likeness (QED) is 0.418. The SMILES string of the molecule is CN=C(NCCCNC(=O)C1CCC1)N1CCN(C(C)C(F)(F)F)CC1. The molecule has 0 aromatic heterocycles. The minimum absolute atomic E-state index is 0.149. The van der Waals surface area contributed by atoms with Gasteiger partial charge < -0.3 is 15.5 Å². The molecular weight excluding hydrogens is 347 g/mol. The number of carbonyl (C=O) groups excluding carboxylic acids is 1. The minimum Gasteiger partial charge on any atom is -0.356 e. The van der Waals surface area contributed by atoms with Crippen molar-refractivity contribution in [1.82, 2.24) is 20.4 Å². The molecule has 0 aromatic rings. The van der Waals surface area contributed by atoms with Crippen molar-refractivity contribution >= 4 is 11.9 Å². The van der Waals surface area contributed by atoms with Crippen LogP contribution in [0.5, 0.6) is 0 Å². The number of aliphatic imine (C=N–C) groups is 1. The highest BCUT2D eigenvalue weighted by Gasteiger charge is 2.41. The van der Waals surface area contributed by atoms with Gasteiger partial charge in [-0.2, -0.15) is 13.2 Å². The molecule has 0 radical (unpaired) electrons. The van der Waals surface area contributed by atoms with Gasteiger partial charge in [0, 0.05) is 52.2 Å². The summed E-state index contributed by atoms with van der Waals surface area (Å²) >= 11 is 0. The Bertz CT molecular complexity index is 485. The number of piperazine rings is 1. The summed E-state index contributed by atoms with van der Waals surface area (Å²) in [4.78, 5) is 19.4. The van der Waals surface area contributed by atoms with E-state index in [1.165, 1.54) is 11.8 Å². The van der Waals surface area contributed by atoms with Crippen molar-refractivity contribution in [2.75, 3.05) is 46.3 Å². The zero-order chi connectivity index (χ0) is 19.2. The van der Waals surface area contributed by atoms with E-state index in [1.807, 2.05) is 4.90 Å². The molecule has 1 atom stereocenters. The van der Waals surface area contributed by atoms with Crippen LogP contribution in [0.25, 0.3) is 0 Å². The lowest BCUT2D eigenvalue weighted by molar-refractivity contribution is -0.181. The van der Waals surface area contributed by atoms with Gasteiger partial charge in [-0.25, -0.2) is 0 Å². The molecule has 2 rings (SSSR count). The van der Waals surface area contributed by atoms with Crippen molar-refractivity contribution in [3.63, 3.8) is 0 Å². The fourth-order valence-corrected chi connectivity index (χ4v) is 3.18. The zero-order valence-electron chi connectivity index (χ0n) is 15.6. The first-order valence-electron chi connectivity index (χ1n) is 9.37. The zero-order valence-corrected chi connectivity index (χ0v) is 15.6. The summed E-state index contributed by atoms with van der Waals surface area (Å²) in [6.45, 7) is 4.24. The summed E-state index contributed by atoms with van der Waals surface area (Å²) in [5.74, 6) is 1.05. The minimum atomic E-state index is -4.19. The van der Waals surface area contributed by atoms with Gasteiger partial charge in [0.15, 0.2) is 5.96 Å². The van der Waals surface area contributed by atoms with Crippen LogP contribution >= 0.6 is 0 Å². The number of nitrogens with one attached hydrogen (secondary N) is 2. The molecule has 1 amide bonds. The second kappa shape index (κ2) is 9.43. The second-order valence-corrected chi connectivity index (χ2v) is 6.99. The van der Waals surface area contributed by atoms with Crippen LogP contribution in [0.3, 0.4) is 0 Å². The third-order valence-electron chi connectivity index (χ3n) is 5.26. The molecule has 9 heteroatoms. The van der Waals surface area contributed by atoms with Gasteiger partial charge in [0.2, 0.25) is 5.91 Å². The molecule has 1 unspecified atom stereocenters. The maximum atomic E-state index is 12.8. The Hall–Kier alpha value is -1.51. The molecular formula is C17H30F3N5O. The molecule has 1 aliphatic heterocycles. The van der Waals surface area contributed by atoms with Gasteiger partial charge in [-0.1, -0.05) is 6.42 Å². The van der Waals surface area contributed by atoms with Crippen LogP contribution in [0.15, 0.2) is 4.99 Å². The van der Waals surface area contributed by atoms with Gasteiger partial charge in [0.05, 0.1) is 0 Å². The van der Waals surface area contributed by atoms with E-state index in [4.69, 9.17) is 0 Å². The number of hydrogen-bond acceptors (Lipinski definition) is 3. The van der Waals surface area contributed by atoms with E-state index < -0.39 is 12.2 Å². The molecule has 6 nitrogen and oxygen atoms in total. The second-order valence-electron chi connectivity index (χ2n) is 6.99. The molecule has 1 heterocycles. The Labute approximate surface area is 153 Å². The largest absolute Gasteiger partial charge is 0.403 e. The van der Waals surface area contributed by atoms with E-state index in [0.29, 0.717) is 45.2 Å². The summed E-state index contributed by atoms with van der Waals surface area (Å²) in [5, 5.41) is 6.17. The Kier molecular flexibility index (Phi) is 7.55. The average molecular weight is 377 g/mol. The van der Waals surface area contributed by atoms with Crippen molar-refractivity contribution in [2.24, 2.45) is 10.9 Å². The lowest BCUT2D eigenvalue weighted by atomic mass is 9.85. The average Bonchev–Trinajstić information content (AvgIpc) is 2.55. The Morgan fingerprint density at radius 2 is 1.77 bits per heavy atom. The third-order valence-corrected chi connectivity index (χ3v) is 5.26. The molecule has 2 aliphatic rings.